The van der Waals surface area contributed by atoms with E-state index in [1.54, 1.807) is 13.1 Å². The summed E-state index contributed by atoms with van der Waals surface area (Å²) in [6, 6.07) is 6.82. The monoisotopic (exact) mass is 398 g/mol. The summed E-state index contributed by atoms with van der Waals surface area (Å²) < 4.78 is 36.3. The van der Waals surface area contributed by atoms with Crippen LogP contribution in [0.25, 0.3) is 0 Å². The van der Waals surface area contributed by atoms with Gasteiger partial charge in [0.05, 0.1) is 16.5 Å². The SMILES string of the molecule is CN(C(=O)c1ccc(Nc2ccc(F)c(Cl)c2)nn1)C1CCS(=O)(=O)C1. The van der Waals surface area contributed by atoms with Crippen LogP contribution in [0.4, 0.5) is 15.9 Å². The number of halogens is 2. The van der Waals surface area contributed by atoms with Gasteiger partial charge < -0.3 is 10.2 Å². The van der Waals surface area contributed by atoms with Crippen molar-refractivity contribution in [3.05, 3.63) is 46.9 Å². The predicted molar refractivity (Wildman–Crippen MR) is 95.9 cm³/mol. The summed E-state index contributed by atoms with van der Waals surface area (Å²) in [4.78, 5) is 13.8. The molecule has 0 bridgehead atoms. The van der Waals surface area contributed by atoms with E-state index in [1.165, 1.54) is 29.2 Å². The van der Waals surface area contributed by atoms with Gasteiger partial charge in [0, 0.05) is 18.8 Å². The zero-order valence-corrected chi connectivity index (χ0v) is 15.4. The summed E-state index contributed by atoms with van der Waals surface area (Å²) in [5.41, 5.74) is 0.637. The fourth-order valence-corrected chi connectivity index (χ4v) is 4.62. The maximum Gasteiger partial charge on any atom is 0.274 e. The Labute approximate surface area is 155 Å². The molecular weight excluding hydrogens is 383 g/mol. The van der Waals surface area contributed by atoms with Gasteiger partial charge in [-0.25, -0.2) is 12.8 Å². The van der Waals surface area contributed by atoms with Gasteiger partial charge in [0.25, 0.3) is 5.91 Å². The molecule has 0 radical (unpaired) electrons. The summed E-state index contributed by atoms with van der Waals surface area (Å²) in [7, 11) is -1.52. The highest BCUT2D eigenvalue weighted by Gasteiger charge is 2.33. The third-order valence-electron chi connectivity index (χ3n) is 4.15. The van der Waals surface area contributed by atoms with Crippen LogP contribution in [-0.2, 0) is 9.84 Å². The Morgan fingerprint density at radius 3 is 2.65 bits per heavy atom. The Bertz CT molecular complexity index is 937. The van der Waals surface area contributed by atoms with Crippen LogP contribution in [0.1, 0.15) is 16.9 Å². The molecule has 1 amide bonds. The number of anilines is 2. The second-order valence-corrected chi connectivity index (χ2v) is 8.67. The minimum absolute atomic E-state index is 0.0251. The number of nitrogens with zero attached hydrogens (tertiary/aromatic N) is 3. The van der Waals surface area contributed by atoms with Crippen LogP contribution in [0.2, 0.25) is 5.02 Å². The molecule has 1 aromatic carbocycles. The van der Waals surface area contributed by atoms with Crippen LogP contribution >= 0.6 is 11.6 Å². The second kappa shape index (κ2) is 7.16. The van der Waals surface area contributed by atoms with Crippen LogP contribution < -0.4 is 5.32 Å². The molecule has 1 N–H and O–H groups in total. The Kier molecular flexibility index (Phi) is 5.10. The van der Waals surface area contributed by atoms with Crippen LogP contribution in [0.5, 0.6) is 0 Å². The molecule has 7 nitrogen and oxygen atoms in total. The molecule has 1 aromatic heterocycles. The molecule has 0 aliphatic carbocycles. The van der Waals surface area contributed by atoms with Gasteiger partial charge in [-0.05, 0) is 36.8 Å². The Morgan fingerprint density at radius 2 is 2.08 bits per heavy atom. The molecule has 1 aliphatic heterocycles. The van der Waals surface area contributed by atoms with Crippen molar-refractivity contribution >= 4 is 38.9 Å². The first-order chi connectivity index (χ1) is 12.2. The van der Waals surface area contributed by atoms with Gasteiger partial charge in [0.1, 0.15) is 5.82 Å². The van der Waals surface area contributed by atoms with Crippen molar-refractivity contribution in [3.8, 4) is 0 Å². The molecular formula is C16H16ClFN4O3S. The highest BCUT2D eigenvalue weighted by molar-refractivity contribution is 7.91. The van der Waals surface area contributed by atoms with E-state index in [2.05, 4.69) is 15.5 Å². The predicted octanol–water partition coefficient (Wildman–Crippen LogP) is 2.27. The summed E-state index contributed by atoms with van der Waals surface area (Å²) in [6.07, 6.45) is 0.420. The molecule has 0 saturated carbocycles. The summed E-state index contributed by atoms with van der Waals surface area (Å²) in [6.45, 7) is 0. The fraction of sp³-hybridized carbons (Fsp3) is 0.312. The van der Waals surface area contributed by atoms with Crippen molar-refractivity contribution in [2.24, 2.45) is 0 Å². The molecule has 1 fully saturated rings. The summed E-state index contributed by atoms with van der Waals surface area (Å²) >= 11 is 5.72. The molecule has 26 heavy (non-hydrogen) atoms. The van der Waals surface area contributed by atoms with Gasteiger partial charge in [0.15, 0.2) is 21.3 Å². The van der Waals surface area contributed by atoms with Crippen molar-refractivity contribution < 1.29 is 17.6 Å². The highest BCUT2D eigenvalue weighted by atomic mass is 35.5. The number of sulfone groups is 1. The number of amides is 1. The third kappa shape index (κ3) is 4.10. The fourth-order valence-electron chi connectivity index (χ4n) is 2.66. The standard InChI is InChI=1S/C16H16ClFN4O3S/c1-22(11-6-7-26(24,25)9-11)16(23)14-4-5-15(21-20-14)19-10-2-3-13(18)12(17)8-10/h2-5,8,11H,6-7,9H2,1H3,(H,19,21). The largest absolute Gasteiger partial charge is 0.339 e. The van der Waals surface area contributed by atoms with Crippen molar-refractivity contribution in [2.45, 2.75) is 12.5 Å². The summed E-state index contributed by atoms with van der Waals surface area (Å²) in [5.74, 6) is -0.509. The average molecular weight is 399 g/mol. The van der Waals surface area contributed by atoms with E-state index in [0.717, 1.165) is 0 Å². The number of carbonyl (C=O) groups is 1. The smallest absolute Gasteiger partial charge is 0.274 e. The lowest BCUT2D eigenvalue weighted by Gasteiger charge is -2.22. The average Bonchev–Trinajstić information content (AvgIpc) is 2.97. The minimum atomic E-state index is -3.08. The van der Waals surface area contributed by atoms with Crippen molar-refractivity contribution in [2.75, 3.05) is 23.9 Å². The third-order valence-corrected chi connectivity index (χ3v) is 6.19. The van der Waals surface area contributed by atoms with Crippen LogP contribution in [0, 0.1) is 5.82 Å². The van der Waals surface area contributed by atoms with Gasteiger partial charge in [-0.3, -0.25) is 4.79 Å². The molecule has 2 aromatic rings. The van der Waals surface area contributed by atoms with E-state index in [1.807, 2.05) is 0 Å². The lowest BCUT2D eigenvalue weighted by atomic mass is 10.2. The molecule has 3 rings (SSSR count). The molecule has 1 atom stereocenters. The molecule has 138 valence electrons. The molecule has 2 heterocycles. The number of rotatable bonds is 4. The first kappa shape index (κ1) is 18.5. The lowest BCUT2D eigenvalue weighted by molar-refractivity contribution is 0.0740. The van der Waals surface area contributed by atoms with Gasteiger partial charge in [0.2, 0.25) is 0 Å². The molecule has 1 unspecified atom stereocenters. The van der Waals surface area contributed by atoms with Crippen molar-refractivity contribution in [1.82, 2.24) is 15.1 Å². The molecule has 10 heteroatoms. The number of nitrogens with one attached hydrogen (secondary N) is 1. The van der Waals surface area contributed by atoms with E-state index in [9.17, 15) is 17.6 Å². The Balaban J connectivity index is 1.68. The zero-order chi connectivity index (χ0) is 18.9. The maximum absolute atomic E-state index is 13.2. The first-order valence-electron chi connectivity index (χ1n) is 7.78. The van der Waals surface area contributed by atoms with E-state index in [0.29, 0.717) is 17.9 Å². The van der Waals surface area contributed by atoms with Crippen molar-refractivity contribution in [3.63, 3.8) is 0 Å². The van der Waals surface area contributed by atoms with Crippen LogP contribution in [0.3, 0.4) is 0 Å². The zero-order valence-electron chi connectivity index (χ0n) is 13.8. The quantitative estimate of drug-likeness (QED) is 0.849. The lowest BCUT2D eigenvalue weighted by Crippen LogP contribution is -2.38. The van der Waals surface area contributed by atoms with E-state index < -0.39 is 21.6 Å². The number of benzene rings is 1. The van der Waals surface area contributed by atoms with Gasteiger partial charge in [-0.2, -0.15) is 0 Å². The van der Waals surface area contributed by atoms with Gasteiger partial charge in [-0.1, -0.05) is 11.6 Å². The molecule has 0 spiro atoms. The van der Waals surface area contributed by atoms with Crippen LogP contribution in [-0.4, -0.2) is 54.0 Å². The van der Waals surface area contributed by atoms with Gasteiger partial charge in [-0.15, -0.1) is 10.2 Å². The van der Waals surface area contributed by atoms with Crippen molar-refractivity contribution in [1.29, 1.82) is 0 Å². The highest BCUT2D eigenvalue weighted by Crippen LogP contribution is 2.22. The first-order valence-corrected chi connectivity index (χ1v) is 9.98. The Morgan fingerprint density at radius 1 is 1.31 bits per heavy atom. The Hall–Kier alpha value is -2.26. The number of carbonyl (C=O) groups excluding carboxylic acids is 1. The second-order valence-electron chi connectivity index (χ2n) is 6.03. The molecule has 1 saturated heterocycles. The number of hydrogen-bond donors (Lipinski definition) is 1. The number of hydrogen-bond acceptors (Lipinski definition) is 6. The van der Waals surface area contributed by atoms with Gasteiger partial charge >= 0.3 is 0 Å². The number of aromatic nitrogens is 2. The minimum Gasteiger partial charge on any atom is -0.339 e. The normalized spacial score (nSPS) is 18.5. The summed E-state index contributed by atoms with van der Waals surface area (Å²) in [5, 5.41) is 10.7. The van der Waals surface area contributed by atoms with E-state index in [4.69, 9.17) is 11.6 Å². The van der Waals surface area contributed by atoms with Crippen LogP contribution in [0.15, 0.2) is 30.3 Å². The topological polar surface area (TPSA) is 92.3 Å². The maximum atomic E-state index is 13.2. The van der Waals surface area contributed by atoms with E-state index in [-0.39, 0.29) is 28.3 Å². The molecule has 1 aliphatic rings. The van der Waals surface area contributed by atoms with E-state index >= 15 is 0 Å².